The van der Waals surface area contributed by atoms with Gasteiger partial charge in [-0.15, -0.1) is 0 Å². The first-order chi connectivity index (χ1) is 12.1. The van der Waals surface area contributed by atoms with Crippen LogP contribution in [0.25, 0.3) is 11.5 Å². The fourth-order valence-electron chi connectivity index (χ4n) is 3.00. The number of hydrogen-bond donors (Lipinski definition) is 1. The molecule has 0 aromatic carbocycles. The SMILES string of the molecule is Cc1cc(C)n(C2CN(C(=O)NCc3cc(-c4ccco4)on3)C2)n1. The van der Waals surface area contributed by atoms with E-state index in [9.17, 15) is 4.79 Å². The van der Waals surface area contributed by atoms with Crippen molar-refractivity contribution in [1.82, 2.24) is 25.2 Å². The van der Waals surface area contributed by atoms with Gasteiger partial charge in [-0.05, 0) is 32.0 Å². The van der Waals surface area contributed by atoms with Gasteiger partial charge in [0.1, 0.15) is 5.69 Å². The molecule has 0 spiro atoms. The number of amides is 2. The van der Waals surface area contributed by atoms with Crippen molar-refractivity contribution >= 4 is 6.03 Å². The van der Waals surface area contributed by atoms with E-state index < -0.39 is 0 Å². The molecule has 1 fully saturated rings. The van der Waals surface area contributed by atoms with Crippen molar-refractivity contribution in [3.05, 3.63) is 47.6 Å². The summed E-state index contributed by atoms with van der Waals surface area (Å²) in [5, 5.41) is 11.3. The van der Waals surface area contributed by atoms with Crippen LogP contribution in [-0.2, 0) is 6.54 Å². The average molecular weight is 341 g/mol. The molecule has 0 saturated carbocycles. The summed E-state index contributed by atoms with van der Waals surface area (Å²) in [5.74, 6) is 1.16. The maximum absolute atomic E-state index is 12.2. The maximum Gasteiger partial charge on any atom is 0.317 e. The summed E-state index contributed by atoms with van der Waals surface area (Å²) >= 11 is 0. The molecule has 8 heteroatoms. The number of aryl methyl sites for hydroxylation is 2. The van der Waals surface area contributed by atoms with Crippen LogP contribution in [0, 0.1) is 13.8 Å². The highest BCUT2D eigenvalue weighted by molar-refractivity contribution is 5.75. The minimum Gasteiger partial charge on any atom is -0.461 e. The molecular formula is C17H19N5O3. The first-order valence-corrected chi connectivity index (χ1v) is 8.15. The van der Waals surface area contributed by atoms with Gasteiger partial charge < -0.3 is 19.2 Å². The molecule has 0 atom stereocenters. The van der Waals surface area contributed by atoms with E-state index in [1.165, 1.54) is 0 Å². The Balaban J connectivity index is 1.28. The summed E-state index contributed by atoms with van der Waals surface area (Å²) in [6.45, 7) is 5.63. The Kier molecular flexibility index (Phi) is 3.79. The lowest BCUT2D eigenvalue weighted by Crippen LogP contribution is -2.54. The van der Waals surface area contributed by atoms with Crippen molar-refractivity contribution in [3.8, 4) is 11.5 Å². The fourth-order valence-corrected chi connectivity index (χ4v) is 3.00. The van der Waals surface area contributed by atoms with Crippen LogP contribution in [0.1, 0.15) is 23.1 Å². The van der Waals surface area contributed by atoms with E-state index in [2.05, 4.69) is 15.6 Å². The van der Waals surface area contributed by atoms with E-state index >= 15 is 0 Å². The zero-order valence-electron chi connectivity index (χ0n) is 14.1. The second kappa shape index (κ2) is 6.12. The lowest BCUT2D eigenvalue weighted by molar-refractivity contribution is 0.117. The number of nitrogens with one attached hydrogen (secondary N) is 1. The van der Waals surface area contributed by atoms with Gasteiger partial charge in [0.15, 0.2) is 5.76 Å². The highest BCUT2D eigenvalue weighted by atomic mass is 16.5. The van der Waals surface area contributed by atoms with Crippen LogP contribution >= 0.6 is 0 Å². The molecule has 1 aliphatic heterocycles. The Labute approximate surface area is 144 Å². The number of carbonyl (C=O) groups excluding carboxylic acids is 1. The van der Waals surface area contributed by atoms with Gasteiger partial charge in [0.05, 0.1) is 24.5 Å². The molecule has 130 valence electrons. The summed E-state index contributed by atoms with van der Waals surface area (Å²) in [6, 6.07) is 7.51. The van der Waals surface area contributed by atoms with Gasteiger partial charge in [0.2, 0.25) is 5.76 Å². The topological polar surface area (TPSA) is 89.3 Å². The number of likely N-dealkylation sites (tertiary alicyclic amines) is 1. The van der Waals surface area contributed by atoms with Gasteiger partial charge in [-0.25, -0.2) is 4.79 Å². The van der Waals surface area contributed by atoms with Gasteiger partial charge in [-0.2, -0.15) is 5.10 Å². The largest absolute Gasteiger partial charge is 0.461 e. The Morgan fingerprint density at radius 2 is 2.16 bits per heavy atom. The van der Waals surface area contributed by atoms with Crippen molar-refractivity contribution in [1.29, 1.82) is 0 Å². The molecule has 2 amide bonds. The molecule has 4 rings (SSSR count). The molecule has 0 radical (unpaired) electrons. The van der Waals surface area contributed by atoms with Gasteiger partial charge in [0, 0.05) is 24.8 Å². The number of carbonyl (C=O) groups is 1. The van der Waals surface area contributed by atoms with Crippen molar-refractivity contribution < 1.29 is 13.7 Å². The van der Waals surface area contributed by atoms with E-state index in [1.807, 2.05) is 24.6 Å². The highest BCUT2D eigenvalue weighted by Gasteiger charge is 2.33. The number of rotatable bonds is 4. The van der Waals surface area contributed by atoms with Crippen LogP contribution in [0.3, 0.4) is 0 Å². The van der Waals surface area contributed by atoms with Crippen LogP contribution < -0.4 is 5.32 Å². The third-order valence-electron chi connectivity index (χ3n) is 4.28. The van der Waals surface area contributed by atoms with Gasteiger partial charge >= 0.3 is 6.03 Å². The maximum atomic E-state index is 12.2. The van der Waals surface area contributed by atoms with Gasteiger partial charge in [0.25, 0.3) is 0 Å². The third-order valence-corrected chi connectivity index (χ3v) is 4.28. The summed E-state index contributed by atoms with van der Waals surface area (Å²) in [6.07, 6.45) is 1.57. The fraction of sp³-hybridized carbons (Fsp3) is 0.353. The van der Waals surface area contributed by atoms with Crippen molar-refractivity contribution in [3.63, 3.8) is 0 Å². The molecule has 1 saturated heterocycles. The summed E-state index contributed by atoms with van der Waals surface area (Å²) in [7, 11) is 0. The Morgan fingerprint density at radius 1 is 1.32 bits per heavy atom. The van der Waals surface area contributed by atoms with Gasteiger partial charge in [-0.1, -0.05) is 5.16 Å². The predicted octanol–water partition coefficient (Wildman–Crippen LogP) is 2.51. The van der Waals surface area contributed by atoms with Crippen molar-refractivity contribution in [2.24, 2.45) is 0 Å². The predicted molar refractivity (Wildman–Crippen MR) is 88.8 cm³/mol. The summed E-state index contributed by atoms with van der Waals surface area (Å²) in [4.78, 5) is 14.0. The van der Waals surface area contributed by atoms with Crippen LogP contribution in [0.4, 0.5) is 4.79 Å². The number of furan rings is 1. The Hall–Kier alpha value is -3.03. The van der Waals surface area contributed by atoms with Crippen molar-refractivity contribution in [2.45, 2.75) is 26.4 Å². The highest BCUT2D eigenvalue weighted by Crippen LogP contribution is 2.23. The molecule has 1 aliphatic rings. The molecule has 0 unspecified atom stereocenters. The van der Waals surface area contributed by atoms with Gasteiger partial charge in [-0.3, -0.25) is 4.68 Å². The summed E-state index contributed by atoms with van der Waals surface area (Å²) in [5.41, 5.74) is 2.77. The second-order valence-electron chi connectivity index (χ2n) is 6.25. The normalized spacial score (nSPS) is 14.6. The van der Waals surface area contributed by atoms with E-state index in [4.69, 9.17) is 8.94 Å². The van der Waals surface area contributed by atoms with Crippen LogP contribution in [-0.4, -0.2) is 39.0 Å². The smallest absolute Gasteiger partial charge is 0.317 e. The van der Waals surface area contributed by atoms with E-state index in [0.717, 1.165) is 11.4 Å². The molecule has 3 aromatic rings. The molecular weight excluding hydrogens is 322 g/mol. The number of hydrogen-bond acceptors (Lipinski definition) is 5. The number of aromatic nitrogens is 3. The van der Waals surface area contributed by atoms with E-state index in [1.54, 1.807) is 29.4 Å². The average Bonchev–Trinajstić information content (AvgIpc) is 3.25. The molecule has 0 bridgehead atoms. The molecule has 4 heterocycles. The third kappa shape index (κ3) is 3.02. The van der Waals surface area contributed by atoms with Crippen LogP contribution in [0.2, 0.25) is 0 Å². The Bertz CT molecular complexity index is 874. The Morgan fingerprint density at radius 3 is 2.84 bits per heavy atom. The summed E-state index contributed by atoms with van der Waals surface area (Å²) < 4.78 is 12.5. The molecule has 3 aromatic heterocycles. The standard InChI is InChI=1S/C17H19N5O3/c1-11-6-12(2)22(19-11)14-9-21(10-14)17(23)18-8-13-7-16(25-20-13)15-4-3-5-24-15/h3-7,14H,8-10H2,1-2H3,(H,18,23). The lowest BCUT2D eigenvalue weighted by atomic mass is 10.1. The molecule has 1 N–H and O–H groups in total. The monoisotopic (exact) mass is 341 g/mol. The first kappa shape index (κ1) is 15.5. The van der Waals surface area contributed by atoms with Crippen LogP contribution in [0.5, 0.6) is 0 Å². The molecule has 8 nitrogen and oxygen atoms in total. The lowest BCUT2D eigenvalue weighted by Gasteiger charge is -2.39. The van der Waals surface area contributed by atoms with E-state index in [0.29, 0.717) is 36.8 Å². The molecule has 0 aliphatic carbocycles. The number of urea groups is 1. The first-order valence-electron chi connectivity index (χ1n) is 8.15. The van der Waals surface area contributed by atoms with E-state index in [-0.39, 0.29) is 12.1 Å². The molecule has 25 heavy (non-hydrogen) atoms. The zero-order chi connectivity index (χ0) is 17.4. The van der Waals surface area contributed by atoms with Crippen molar-refractivity contribution in [2.75, 3.05) is 13.1 Å². The quantitative estimate of drug-likeness (QED) is 0.787. The minimum atomic E-state index is -0.111. The second-order valence-corrected chi connectivity index (χ2v) is 6.25. The van der Waals surface area contributed by atoms with Crippen LogP contribution in [0.15, 0.2) is 39.5 Å². The minimum absolute atomic E-state index is 0.111. The zero-order valence-corrected chi connectivity index (χ0v) is 14.1. The number of nitrogens with zero attached hydrogens (tertiary/aromatic N) is 4.